The van der Waals surface area contributed by atoms with Crippen molar-refractivity contribution in [1.82, 2.24) is 0 Å². The van der Waals surface area contributed by atoms with Crippen LogP contribution in [-0.4, -0.2) is 30.5 Å². The molecule has 2 rings (SSSR count). The van der Waals surface area contributed by atoms with E-state index in [2.05, 4.69) is 40.3 Å². The summed E-state index contributed by atoms with van der Waals surface area (Å²) in [5.41, 5.74) is 2.21. The van der Waals surface area contributed by atoms with Crippen LogP contribution in [0.5, 0.6) is 0 Å². The molecule has 0 spiro atoms. The number of hydrogen-bond acceptors (Lipinski definition) is 3. The Kier molecular flexibility index (Phi) is 5.67. The lowest BCUT2D eigenvalue weighted by atomic mass is 10.2. The summed E-state index contributed by atoms with van der Waals surface area (Å²) in [7, 11) is 0. The number of aliphatic hydroxyl groups is 1. The predicted molar refractivity (Wildman–Crippen MR) is 81.6 cm³/mol. The molecule has 1 aliphatic rings. The second kappa shape index (κ2) is 7.27. The van der Waals surface area contributed by atoms with Gasteiger partial charge in [0.2, 0.25) is 0 Å². The molecule has 3 nitrogen and oxygen atoms in total. The van der Waals surface area contributed by atoms with Gasteiger partial charge in [0, 0.05) is 16.7 Å². The van der Waals surface area contributed by atoms with Crippen molar-refractivity contribution >= 4 is 21.6 Å². The van der Waals surface area contributed by atoms with E-state index in [0.29, 0.717) is 19.3 Å². The highest BCUT2D eigenvalue weighted by Gasteiger charge is 2.16. The van der Waals surface area contributed by atoms with Gasteiger partial charge in [-0.3, -0.25) is 0 Å². The van der Waals surface area contributed by atoms with Crippen LogP contribution in [0.2, 0.25) is 0 Å². The van der Waals surface area contributed by atoms with Crippen LogP contribution in [0.1, 0.15) is 31.2 Å². The Bertz CT molecular complexity index is 385. The fraction of sp³-hybridized carbons (Fsp3) is 0.600. The van der Waals surface area contributed by atoms with E-state index >= 15 is 0 Å². The van der Waals surface area contributed by atoms with Crippen molar-refractivity contribution in [3.63, 3.8) is 0 Å². The maximum atomic E-state index is 9.91. The van der Waals surface area contributed by atoms with Crippen LogP contribution in [0, 0.1) is 6.92 Å². The van der Waals surface area contributed by atoms with Crippen molar-refractivity contribution in [1.29, 1.82) is 0 Å². The number of aliphatic hydroxyl groups excluding tert-OH is 1. The molecule has 106 valence electrons. The molecule has 1 aromatic carbocycles. The number of ether oxygens (including phenoxy) is 1. The predicted octanol–water partition coefficient (Wildman–Crippen LogP) is 3.49. The van der Waals surface area contributed by atoms with Gasteiger partial charge in [0.25, 0.3) is 0 Å². The lowest BCUT2D eigenvalue weighted by molar-refractivity contribution is -0.00117. The summed E-state index contributed by atoms with van der Waals surface area (Å²) in [4.78, 5) is 0. The maximum Gasteiger partial charge on any atom is 0.0945 e. The SMILES string of the molecule is Cc1cc(Br)cc(NCC(O)COC2CCCC2)c1. The van der Waals surface area contributed by atoms with Crippen molar-refractivity contribution in [2.75, 3.05) is 18.5 Å². The molecule has 1 fully saturated rings. The third kappa shape index (κ3) is 5.13. The third-order valence-corrected chi connectivity index (χ3v) is 3.87. The zero-order valence-electron chi connectivity index (χ0n) is 11.4. The van der Waals surface area contributed by atoms with Gasteiger partial charge in [0.1, 0.15) is 0 Å². The molecule has 0 amide bonds. The van der Waals surface area contributed by atoms with E-state index in [1.807, 2.05) is 6.07 Å². The second-order valence-corrected chi connectivity index (χ2v) is 6.21. The minimum Gasteiger partial charge on any atom is -0.389 e. The molecule has 19 heavy (non-hydrogen) atoms. The summed E-state index contributed by atoms with van der Waals surface area (Å²) in [5, 5.41) is 13.2. The minimum absolute atomic E-state index is 0.364. The normalized spacial score (nSPS) is 17.6. The van der Waals surface area contributed by atoms with E-state index in [-0.39, 0.29) is 0 Å². The molecular weight excluding hydrogens is 306 g/mol. The highest BCUT2D eigenvalue weighted by Crippen LogP contribution is 2.21. The van der Waals surface area contributed by atoms with Gasteiger partial charge in [-0.15, -0.1) is 0 Å². The summed E-state index contributed by atoms with van der Waals surface area (Å²) in [6.07, 6.45) is 4.71. The van der Waals surface area contributed by atoms with Crippen LogP contribution < -0.4 is 5.32 Å². The number of nitrogens with one attached hydrogen (secondary N) is 1. The first kappa shape index (κ1) is 14.8. The van der Waals surface area contributed by atoms with Gasteiger partial charge in [-0.2, -0.15) is 0 Å². The molecule has 0 aromatic heterocycles. The summed E-state index contributed by atoms with van der Waals surface area (Å²) >= 11 is 3.47. The van der Waals surface area contributed by atoms with E-state index in [1.165, 1.54) is 18.4 Å². The van der Waals surface area contributed by atoms with Crippen LogP contribution in [0.3, 0.4) is 0 Å². The molecule has 0 aliphatic heterocycles. The Morgan fingerprint density at radius 3 is 2.79 bits per heavy atom. The van der Waals surface area contributed by atoms with Gasteiger partial charge in [-0.25, -0.2) is 0 Å². The van der Waals surface area contributed by atoms with Crippen LogP contribution in [-0.2, 0) is 4.74 Å². The molecule has 1 atom stereocenters. The molecule has 1 aliphatic carbocycles. The molecule has 2 N–H and O–H groups in total. The number of hydrogen-bond donors (Lipinski definition) is 2. The Balaban J connectivity index is 1.71. The number of rotatable bonds is 6. The van der Waals surface area contributed by atoms with Crippen LogP contribution >= 0.6 is 15.9 Å². The van der Waals surface area contributed by atoms with E-state index in [9.17, 15) is 5.11 Å². The first-order valence-corrected chi connectivity index (χ1v) is 7.73. The summed E-state index contributed by atoms with van der Waals surface area (Å²) in [5.74, 6) is 0. The van der Waals surface area contributed by atoms with Gasteiger partial charge in [-0.1, -0.05) is 28.8 Å². The smallest absolute Gasteiger partial charge is 0.0945 e. The average Bonchev–Trinajstić information content (AvgIpc) is 2.86. The first-order chi connectivity index (χ1) is 9.13. The minimum atomic E-state index is -0.458. The van der Waals surface area contributed by atoms with Crippen molar-refractivity contribution in [3.8, 4) is 0 Å². The first-order valence-electron chi connectivity index (χ1n) is 6.94. The number of halogens is 1. The zero-order valence-corrected chi connectivity index (χ0v) is 12.9. The molecule has 1 aromatic rings. The quantitative estimate of drug-likeness (QED) is 0.840. The monoisotopic (exact) mass is 327 g/mol. The van der Waals surface area contributed by atoms with Gasteiger partial charge < -0.3 is 15.2 Å². The third-order valence-electron chi connectivity index (χ3n) is 3.41. The molecule has 0 saturated heterocycles. The number of aryl methyl sites for hydroxylation is 1. The van der Waals surface area contributed by atoms with E-state index in [4.69, 9.17) is 4.74 Å². The molecule has 0 radical (unpaired) electrons. The number of anilines is 1. The molecule has 0 bridgehead atoms. The molecule has 1 saturated carbocycles. The van der Waals surface area contributed by atoms with E-state index < -0.39 is 6.10 Å². The van der Waals surface area contributed by atoms with Crippen LogP contribution in [0.15, 0.2) is 22.7 Å². The van der Waals surface area contributed by atoms with Crippen molar-refractivity contribution < 1.29 is 9.84 Å². The standard InChI is InChI=1S/C15H22BrNO2/c1-11-6-12(16)8-13(7-11)17-9-14(18)10-19-15-4-2-3-5-15/h6-8,14-15,17-18H,2-5,9-10H2,1H3. The lowest BCUT2D eigenvalue weighted by Gasteiger charge is -2.16. The Morgan fingerprint density at radius 2 is 2.11 bits per heavy atom. The van der Waals surface area contributed by atoms with Crippen molar-refractivity contribution in [2.24, 2.45) is 0 Å². The van der Waals surface area contributed by atoms with Crippen molar-refractivity contribution in [3.05, 3.63) is 28.2 Å². The highest BCUT2D eigenvalue weighted by molar-refractivity contribution is 9.10. The summed E-state index contributed by atoms with van der Waals surface area (Å²) in [6, 6.07) is 6.14. The van der Waals surface area contributed by atoms with Gasteiger partial charge >= 0.3 is 0 Å². The highest BCUT2D eigenvalue weighted by atomic mass is 79.9. The maximum absolute atomic E-state index is 9.91. The summed E-state index contributed by atoms with van der Waals surface area (Å²) in [6.45, 7) is 2.99. The zero-order chi connectivity index (χ0) is 13.7. The fourth-order valence-corrected chi connectivity index (χ4v) is 3.04. The van der Waals surface area contributed by atoms with Gasteiger partial charge in [0.15, 0.2) is 0 Å². The second-order valence-electron chi connectivity index (χ2n) is 5.29. The topological polar surface area (TPSA) is 41.5 Å². The largest absolute Gasteiger partial charge is 0.389 e. The van der Waals surface area contributed by atoms with Crippen LogP contribution in [0.25, 0.3) is 0 Å². The molecular formula is C15H22BrNO2. The fourth-order valence-electron chi connectivity index (χ4n) is 2.44. The van der Waals surface area contributed by atoms with Gasteiger partial charge in [-0.05, 0) is 43.5 Å². The Morgan fingerprint density at radius 1 is 1.37 bits per heavy atom. The Hall–Kier alpha value is -0.580. The van der Waals surface area contributed by atoms with Crippen molar-refractivity contribution in [2.45, 2.75) is 44.8 Å². The van der Waals surface area contributed by atoms with E-state index in [1.54, 1.807) is 0 Å². The molecule has 4 heteroatoms. The van der Waals surface area contributed by atoms with Gasteiger partial charge in [0.05, 0.1) is 18.8 Å². The Labute approximate surface area is 123 Å². The van der Waals surface area contributed by atoms with E-state index in [0.717, 1.165) is 23.0 Å². The molecule has 0 heterocycles. The molecule has 1 unspecified atom stereocenters. The summed E-state index contributed by atoms with van der Waals surface area (Å²) < 4.78 is 6.75. The number of benzene rings is 1. The average molecular weight is 328 g/mol. The van der Waals surface area contributed by atoms with Crippen LogP contribution in [0.4, 0.5) is 5.69 Å². The lowest BCUT2D eigenvalue weighted by Crippen LogP contribution is -2.27.